The topological polar surface area (TPSA) is 3.24 Å². The van der Waals surface area contributed by atoms with E-state index < -0.39 is 0 Å². The summed E-state index contributed by atoms with van der Waals surface area (Å²) in [5, 5.41) is 0.607. The second kappa shape index (κ2) is 5.69. The summed E-state index contributed by atoms with van der Waals surface area (Å²) < 4.78 is 13.3. The molecule has 0 N–H and O–H groups in total. The third kappa shape index (κ3) is 3.63. The minimum absolute atomic E-state index is 0.214. The Morgan fingerprint density at radius 2 is 2.07 bits per heavy atom. The molecule has 84 valence electrons. The van der Waals surface area contributed by atoms with Gasteiger partial charge >= 0.3 is 0 Å². The van der Waals surface area contributed by atoms with E-state index in [1.54, 1.807) is 13.0 Å². The molecular formula is C11H14Cl2FN. The van der Waals surface area contributed by atoms with E-state index in [-0.39, 0.29) is 5.82 Å². The van der Waals surface area contributed by atoms with E-state index in [0.717, 1.165) is 12.1 Å². The lowest BCUT2D eigenvalue weighted by molar-refractivity contribution is 0.347. The molecule has 0 aliphatic rings. The van der Waals surface area contributed by atoms with Crippen molar-refractivity contribution in [3.05, 3.63) is 34.1 Å². The van der Waals surface area contributed by atoms with Gasteiger partial charge in [0.2, 0.25) is 0 Å². The van der Waals surface area contributed by atoms with E-state index >= 15 is 0 Å². The molecule has 1 aromatic rings. The van der Waals surface area contributed by atoms with Crippen LogP contribution in [-0.2, 0) is 6.54 Å². The van der Waals surface area contributed by atoms with Crippen molar-refractivity contribution in [3.63, 3.8) is 0 Å². The van der Waals surface area contributed by atoms with Gasteiger partial charge in [-0.15, -0.1) is 11.6 Å². The van der Waals surface area contributed by atoms with Crippen LogP contribution >= 0.6 is 23.2 Å². The summed E-state index contributed by atoms with van der Waals surface area (Å²) in [4.78, 5) is 2.00. The van der Waals surface area contributed by atoms with Crippen LogP contribution < -0.4 is 0 Å². The van der Waals surface area contributed by atoms with Gasteiger partial charge in [0.25, 0.3) is 0 Å². The van der Waals surface area contributed by atoms with Crippen molar-refractivity contribution < 1.29 is 4.39 Å². The molecule has 1 nitrogen and oxygen atoms in total. The molecule has 1 aromatic carbocycles. The predicted molar refractivity (Wildman–Crippen MR) is 63.2 cm³/mol. The molecule has 0 saturated heterocycles. The van der Waals surface area contributed by atoms with Crippen LogP contribution in [0.25, 0.3) is 0 Å². The van der Waals surface area contributed by atoms with Gasteiger partial charge in [-0.05, 0) is 37.2 Å². The average molecular weight is 250 g/mol. The monoisotopic (exact) mass is 249 g/mol. The summed E-state index contributed by atoms with van der Waals surface area (Å²) in [6.45, 7) is 3.07. The van der Waals surface area contributed by atoms with Crippen LogP contribution in [0.15, 0.2) is 12.1 Å². The minimum atomic E-state index is -0.214. The number of halogens is 3. The first-order valence-electron chi connectivity index (χ1n) is 4.73. The molecule has 0 saturated carbocycles. The zero-order valence-corrected chi connectivity index (χ0v) is 10.4. The molecule has 0 aromatic heterocycles. The Morgan fingerprint density at radius 3 is 2.67 bits per heavy atom. The number of nitrogens with zero attached hydrogens (tertiary/aromatic N) is 1. The van der Waals surface area contributed by atoms with Gasteiger partial charge in [-0.25, -0.2) is 4.39 Å². The lowest BCUT2D eigenvalue weighted by Crippen LogP contribution is -2.20. The molecule has 0 spiro atoms. The van der Waals surface area contributed by atoms with Crippen molar-refractivity contribution in [2.24, 2.45) is 0 Å². The van der Waals surface area contributed by atoms with Crippen LogP contribution in [0.1, 0.15) is 11.1 Å². The SMILES string of the molecule is Cc1cc(Cl)c(CN(C)CCCl)cc1F. The molecule has 0 unspecified atom stereocenters. The summed E-state index contributed by atoms with van der Waals surface area (Å²) in [5.41, 5.74) is 1.37. The Morgan fingerprint density at radius 1 is 1.40 bits per heavy atom. The highest BCUT2D eigenvalue weighted by Crippen LogP contribution is 2.21. The van der Waals surface area contributed by atoms with E-state index in [9.17, 15) is 4.39 Å². The molecule has 1 rings (SSSR count). The van der Waals surface area contributed by atoms with Crippen molar-refractivity contribution >= 4 is 23.2 Å². The molecule has 0 aliphatic carbocycles. The molecule has 15 heavy (non-hydrogen) atoms. The van der Waals surface area contributed by atoms with E-state index in [0.29, 0.717) is 23.0 Å². The smallest absolute Gasteiger partial charge is 0.126 e. The van der Waals surface area contributed by atoms with Crippen LogP contribution in [0, 0.1) is 12.7 Å². The number of hydrogen-bond donors (Lipinski definition) is 0. The largest absolute Gasteiger partial charge is 0.301 e. The second-order valence-corrected chi connectivity index (χ2v) is 4.40. The molecule has 0 aliphatic heterocycles. The number of alkyl halides is 1. The Hall–Kier alpha value is -0.310. The average Bonchev–Trinajstić information content (AvgIpc) is 2.14. The van der Waals surface area contributed by atoms with E-state index in [1.165, 1.54) is 6.07 Å². The van der Waals surface area contributed by atoms with Gasteiger partial charge in [0.15, 0.2) is 0 Å². The van der Waals surface area contributed by atoms with Gasteiger partial charge in [-0.1, -0.05) is 11.6 Å². The molecule has 0 atom stereocenters. The Labute approximate surface area is 99.8 Å². The van der Waals surface area contributed by atoms with Gasteiger partial charge in [0.05, 0.1) is 0 Å². The van der Waals surface area contributed by atoms with Gasteiger partial charge in [0, 0.05) is 24.0 Å². The zero-order valence-electron chi connectivity index (χ0n) is 8.86. The predicted octanol–water partition coefficient (Wildman–Crippen LogP) is 3.46. The quantitative estimate of drug-likeness (QED) is 0.739. The minimum Gasteiger partial charge on any atom is -0.301 e. The third-order valence-electron chi connectivity index (χ3n) is 2.23. The summed E-state index contributed by atoms with van der Waals surface area (Å²) in [6.07, 6.45) is 0. The highest BCUT2D eigenvalue weighted by molar-refractivity contribution is 6.31. The molecule has 0 heterocycles. The van der Waals surface area contributed by atoms with Gasteiger partial charge in [-0.3, -0.25) is 0 Å². The fraction of sp³-hybridized carbons (Fsp3) is 0.455. The zero-order chi connectivity index (χ0) is 11.4. The molecule has 0 radical (unpaired) electrons. The van der Waals surface area contributed by atoms with Crippen LogP contribution in [-0.4, -0.2) is 24.4 Å². The van der Waals surface area contributed by atoms with Crippen LogP contribution in [0.4, 0.5) is 4.39 Å². The Kier molecular flexibility index (Phi) is 4.84. The fourth-order valence-corrected chi connectivity index (χ4v) is 1.89. The van der Waals surface area contributed by atoms with E-state index in [2.05, 4.69) is 0 Å². The van der Waals surface area contributed by atoms with Crippen LogP contribution in [0.5, 0.6) is 0 Å². The maximum Gasteiger partial charge on any atom is 0.126 e. The van der Waals surface area contributed by atoms with Gasteiger partial charge in [0.1, 0.15) is 5.82 Å². The summed E-state index contributed by atoms with van der Waals surface area (Å²) in [7, 11) is 1.93. The maximum atomic E-state index is 13.3. The van der Waals surface area contributed by atoms with Crippen molar-refractivity contribution in [1.82, 2.24) is 4.90 Å². The van der Waals surface area contributed by atoms with E-state index in [4.69, 9.17) is 23.2 Å². The summed E-state index contributed by atoms with van der Waals surface area (Å²) in [5.74, 6) is 0.344. The van der Waals surface area contributed by atoms with Gasteiger partial charge in [-0.2, -0.15) is 0 Å². The molecular weight excluding hydrogens is 236 g/mol. The van der Waals surface area contributed by atoms with Gasteiger partial charge < -0.3 is 4.90 Å². The second-order valence-electron chi connectivity index (χ2n) is 3.62. The molecule has 0 fully saturated rings. The fourth-order valence-electron chi connectivity index (χ4n) is 1.32. The highest BCUT2D eigenvalue weighted by Gasteiger charge is 2.07. The van der Waals surface area contributed by atoms with E-state index in [1.807, 2.05) is 11.9 Å². The van der Waals surface area contributed by atoms with Crippen molar-refractivity contribution in [2.45, 2.75) is 13.5 Å². The number of benzene rings is 1. The third-order valence-corrected chi connectivity index (χ3v) is 2.76. The lowest BCUT2D eigenvalue weighted by atomic mass is 10.1. The summed E-state index contributed by atoms with van der Waals surface area (Å²) in [6, 6.07) is 3.14. The lowest BCUT2D eigenvalue weighted by Gasteiger charge is -2.16. The summed E-state index contributed by atoms with van der Waals surface area (Å²) >= 11 is 11.6. The highest BCUT2D eigenvalue weighted by atomic mass is 35.5. The molecule has 4 heteroatoms. The maximum absolute atomic E-state index is 13.3. The normalized spacial score (nSPS) is 11.1. The van der Waals surface area contributed by atoms with Crippen LogP contribution in [0.2, 0.25) is 5.02 Å². The Bertz CT molecular complexity index is 342. The number of rotatable bonds is 4. The van der Waals surface area contributed by atoms with Crippen molar-refractivity contribution in [2.75, 3.05) is 19.5 Å². The van der Waals surface area contributed by atoms with Crippen molar-refractivity contribution in [1.29, 1.82) is 0 Å². The molecule has 0 bridgehead atoms. The Balaban J connectivity index is 2.81. The standard InChI is InChI=1S/C11H14Cl2FN/c1-8-5-10(13)9(6-11(8)14)7-15(2)4-3-12/h5-6H,3-4,7H2,1-2H3. The first kappa shape index (κ1) is 12.8. The van der Waals surface area contributed by atoms with Crippen LogP contribution in [0.3, 0.4) is 0 Å². The number of hydrogen-bond acceptors (Lipinski definition) is 1. The van der Waals surface area contributed by atoms with Crippen molar-refractivity contribution in [3.8, 4) is 0 Å². The first-order chi connectivity index (χ1) is 7.04. The number of aryl methyl sites for hydroxylation is 1. The first-order valence-corrected chi connectivity index (χ1v) is 5.65. The molecule has 0 amide bonds.